The Hall–Kier alpha value is -3.10. The highest BCUT2D eigenvalue weighted by atomic mass is 16.6. The first-order valence-electron chi connectivity index (χ1n) is 8.57. The van der Waals surface area contributed by atoms with Gasteiger partial charge >= 0.3 is 18.2 Å². The smallest absolute Gasteiger partial charge is 0.437 e. The third-order valence-electron chi connectivity index (χ3n) is 3.02. The zero-order chi connectivity index (χ0) is 21.7. The molecule has 0 atom stereocenters. The summed E-state index contributed by atoms with van der Waals surface area (Å²) in [4.78, 5) is 40.5. The van der Waals surface area contributed by atoms with Gasteiger partial charge in [0.05, 0.1) is 5.56 Å². The fraction of sp³-hybridized carbons (Fsp3) is 0.474. The number of rotatable bonds is 2. The maximum atomic E-state index is 12.1. The molecule has 1 rings (SSSR count). The molecule has 2 N–H and O–H groups in total. The Morgan fingerprint density at radius 2 is 1.46 bits per heavy atom. The molecule has 2 amide bonds. The molecule has 0 spiro atoms. The van der Waals surface area contributed by atoms with E-state index in [1.165, 1.54) is 29.2 Å². The van der Waals surface area contributed by atoms with Gasteiger partial charge in [0.1, 0.15) is 11.2 Å². The molecule has 0 fully saturated rings. The molecule has 28 heavy (non-hydrogen) atoms. The van der Waals surface area contributed by atoms with Gasteiger partial charge in [-0.3, -0.25) is 5.32 Å². The predicted octanol–water partition coefficient (Wildman–Crippen LogP) is 3.64. The van der Waals surface area contributed by atoms with E-state index in [0.29, 0.717) is 5.69 Å². The van der Waals surface area contributed by atoms with Gasteiger partial charge in [-0.05, 0) is 65.8 Å². The fourth-order valence-electron chi connectivity index (χ4n) is 1.90. The number of carbonyl (C=O) groups excluding carboxylic acids is 2. The highest BCUT2D eigenvalue weighted by molar-refractivity contribution is 6.07. The van der Waals surface area contributed by atoms with E-state index in [1.54, 1.807) is 48.6 Å². The van der Waals surface area contributed by atoms with Crippen LogP contribution in [0.4, 0.5) is 15.3 Å². The number of hydrogen-bond donors (Lipinski definition) is 2. The molecule has 0 bridgehead atoms. The summed E-state index contributed by atoms with van der Waals surface area (Å²) in [5.41, 5.74) is -0.923. The number of carboxylic acid groups (broad SMARTS) is 1. The molecule has 0 unspecified atom stereocenters. The van der Waals surface area contributed by atoms with Gasteiger partial charge in [-0.2, -0.15) is 0 Å². The van der Waals surface area contributed by atoms with E-state index >= 15 is 0 Å². The van der Waals surface area contributed by atoms with Crippen molar-refractivity contribution in [3.05, 3.63) is 29.8 Å². The van der Waals surface area contributed by atoms with Crippen LogP contribution in [-0.4, -0.2) is 47.5 Å². The second-order valence-electron chi connectivity index (χ2n) is 7.95. The van der Waals surface area contributed by atoms with E-state index in [-0.39, 0.29) is 11.5 Å². The van der Waals surface area contributed by atoms with Gasteiger partial charge in [-0.15, -0.1) is 4.99 Å². The first-order valence-corrected chi connectivity index (χ1v) is 8.57. The van der Waals surface area contributed by atoms with Gasteiger partial charge in [0.2, 0.25) is 5.96 Å². The highest BCUT2D eigenvalue weighted by Crippen LogP contribution is 2.15. The number of aromatic carboxylic acids is 1. The van der Waals surface area contributed by atoms with Crippen LogP contribution in [0.2, 0.25) is 0 Å². The summed E-state index contributed by atoms with van der Waals surface area (Å²) in [5.74, 6) is -1.20. The quantitative estimate of drug-likeness (QED) is 0.582. The lowest BCUT2D eigenvalue weighted by molar-refractivity contribution is 0.0560. The van der Waals surface area contributed by atoms with Crippen molar-refractivity contribution in [3.63, 3.8) is 0 Å². The second-order valence-corrected chi connectivity index (χ2v) is 7.95. The van der Waals surface area contributed by atoms with Gasteiger partial charge in [-0.1, -0.05) is 0 Å². The molecule has 0 heterocycles. The molecular weight excluding hydrogens is 366 g/mol. The van der Waals surface area contributed by atoms with Crippen LogP contribution < -0.4 is 10.2 Å². The molecular formula is C19H27N3O6. The van der Waals surface area contributed by atoms with Crippen molar-refractivity contribution >= 4 is 29.8 Å². The topological polar surface area (TPSA) is 118 Å². The van der Waals surface area contributed by atoms with E-state index in [1.807, 2.05) is 0 Å². The molecule has 0 radical (unpaired) electrons. The minimum atomic E-state index is -1.07. The monoisotopic (exact) mass is 393 g/mol. The van der Waals surface area contributed by atoms with E-state index in [2.05, 4.69) is 10.3 Å². The van der Waals surface area contributed by atoms with E-state index in [0.717, 1.165) is 0 Å². The summed E-state index contributed by atoms with van der Waals surface area (Å²) in [7, 11) is 1.55. The molecule has 0 aromatic heterocycles. The van der Waals surface area contributed by atoms with Gasteiger partial charge in [-0.25, -0.2) is 14.4 Å². The molecule has 1 aromatic rings. The normalized spacial score (nSPS) is 12.2. The number of nitrogens with zero attached hydrogens (tertiary/aromatic N) is 2. The molecule has 9 nitrogen and oxygen atoms in total. The minimum absolute atomic E-state index is 0.0999. The van der Waals surface area contributed by atoms with Crippen LogP contribution in [0.5, 0.6) is 0 Å². The van der Waals surface area contributed by atoms with E-state index in [9.17, 15) is 14.4 Å². The van der Waals surface area contributed by atoms with Crippen LogP contribution in [0.25, 0.3) is 0 Å². The van der Waals surface area contributed by atoms with Crippen LogP contribution in [0.15, 0.2) is 29.3 Å². The Kier molecular flexibility index (Phi) is 7.15. The summed E-state index contributed by atoms with van der Waals surface area (Å²) in [6.45, 7) is 10.2. The summed E-state index contributed by atoms with van der Waals surface area (Å²) in [6.07, 6.45) is -1.70. The van der Waals surface area contributed by atoms with Crippen molar-refractivity contribution in [2.24, 2.45) is 4.99 Å². The third kappa shape index (κ3) is 8.07. The lowest BCUT2D eigenvalue weighted by Crippen LogP contribution is -2.45. The van der Waals surface area contributed by atoms with Crippen molar-refractivity contribution in [1.29, 1.82) is 0 Å². The summed E-state index contributed by atoms with van der Waals surface area (Å²) in [5, 5.41) is 11.4. The van der Waals surface area contributed by atoms with Crippen LogP contribution in [0.3, 0.4) is 0 Å². The van der Waals surface area contributed by atoms with Crippen molar-refractivity contribution in [2.75, 3.05) is 11.9 Å². The zero-order valence-electron chi connectivity index (χ0n) is 17.2. The number of ether oxygens (including phenoxy) is 2. The second kappa shape index (κ2) is 8.73. The van der Waals surface area contributed by atoms with Crippen LogP contribution in [0.1, 0.15) is 51.9 Å². The number of aliphatic imine (C=N–C) groups is 1. The first kappa shape index (κ1) is 22.9. The van der Waals surface area contributed by atoms with Gasteiger partial charge in [0, 0.05) is 12.7 Å². The van der Waals surface area contributed by atoms with E-state index < -0.39 is 29.4 Å². The SMILES string of the molecule is CN(C(=NC(=O)OC(C)(C)C)NC(=O)OC(C)(C)C)c1ccc(C(=O)O)cc1. The number of amides is 2. The van der Waals surface area contributed by atoms with Crippen LogP contribution in [-0.2, 0) is 9.47 Å². The molecule has 9 heteroatoms. The zero-order valence-corrected chi connectivity index (χ0v) is 17.2. The molecule has 1 aromatic carbocycles. The van der Waals surface area contributed by atoms with Gasteiger partial charge in [0.25, 0.3) is 0 Å². The molecule has 0 saturated heterocycles. The lowest BCUT2D eigenvalue weighted by atomic mass is 10.2. The average molecular weight is 393 g/mol. The fourth-order valence-corrected chi connectivity index (χ4v) is 1.90. The van der Waals surface area contributed by atoms with Gasteiger partial charge in [0.15, 0.2) is 0 Å². The first-order chi connectivity index (χ1) is 12.7. The summed E-state index contributed by atoms with van der Waals surface area (Å²) >= 11 is 0. The van der Waals surface area contributed by atoms with Crippen molar-refractivity contribution < 1.29 is 29.0 Å². The van der Waals surface area contributed by atoms with Crippen LogP contribution in [0, 0.1) is 0 Å². The standard InChI is InChI=1S/C19H27N3O6/c1-18(2,3)27-16(25)20-15(21-17(26)28-19(4,5)6)22(7)13-10-8-12(9-11-13)14(23)24/h8-11H,1-7H3,(H,23,24)(H,20,21,25,26). The molecule has 0 aliphatic rings. The van der Waals surface area contributed by atoms with Crippen molar-refractivity contribution in [3.8, 4) is 0 Å². The summed E-state index contributed by atoms with van der Waals surface area (Å²) < 4.78 is 10.4. The number of anilines is 1. The van der Waals surface area contributed by atoms with Crippen molar-refractivity contribution in [1.82, 2.24) is 5.32 Å². The lowest BCUT2D eigenvalue weighted by Gasteiger charge is -2.25. The molecule has 154 valence electrons. The number of carboxylic acids is 1. The number of carbonyl (C=O) groups is 3. The Labute approximate surface area is 164 Å². The van der Waals surface area contributed by atoms with E-state index in [4.69, 9.17) is 14.6 Å². The highest BCUT2D eigenvalue weighted by Gasteiger charge is 2.22. The average Bonchev–Trinajstić information content (AvgIpc) is 2.50. The maximum absolute atomic E-state index is 12.1. The Morgan fingerprint density at radius 3 is 1.89 bits per heavy atom. The number of benzene rings is 1. The Bertz CT molecular complexity index is 757. The predicted molar refractivity (Wildman–Crippen MR) is 105 cm³/mol. The number of hydrogen-bond acceptors (Lipinski definition) is 5. The van der Waals surface area contributed by atoms with Crippen molar-refractivity contribution in [2.45, 2.75) is 52.7 Å². The van der Waals surface area contributed by atoms with Crippen LogP contribution >= 0.6 is 0 Å². The third-order valence-corrected chi connectivity index (χ3v) is 3.02. The summed E-state index contributed by atoms with van der Waals surface area (Å²) in [6, 6.07) is 5.83. The largest absolute Gasteiger partial charge is 0.478 e. The minimum Gasteiger partial charge on any atom is -0.478 e. The molecule has 0 aliphatic heterocycles. The number of guanidine groups is 1. The maximum Gasteiger partial charge on any atom is 0.437 e. The number of alkyl carbamates (subject to hydrolysis) is 1. The van der Waals surface area contributed by atoms with Gasteiger partial charge < -0.3 is 19.5 Å². The molecule has 0 saturated carbocycles. The Morgan fingerprint density at radius 1 is 0.964 bits per heavy atom. The molecule has 0 aliphatic carbocycles. The number of nitrogens with one attached hydrogen (secondary N) is 1. The Balaban J connectivity index is 3.15.